The number of piperidine rings is 1. The van der Waals surface area contributed by atoms with Gasteiger partial charge >= 0.3 is 5.97 Å². The summed E-state index contributed by atoms with van der Waals surface area (Å²) in [5, 5.41) is 2.26. The fourth-order valence-corrected chi connectivity index (χ4v) is 5.23. The largest absolute Gasteiger partial charge is 0.455 e. The van der Waals surface area contributed by atoms with Crippen LogP contribution in [0.5, 0.6) is 0 Å². The number of thioether (sulfide) groups is 1. The average Bonchev–Trinajstić information content (AvgIpc) is 2.66. The molecule has 2 atom stereocenters. The summed E-state index contributed by atoms with van der Waals surface area (Å²) in [5.41, 5.74) is 0. The van der Waals surface area contributed by atoms with Crippen molar-refractivity contribution in [1.29, 1.82) is 0 Å². The predicted molar refractivity (Wildman–Crippen MR) is 113 cm³/mol. The first-order valence-electron chi connectivity index (χ1n) is 9.24. The van der Waals surface area contributed by atoms with Crippen LogP contribution >= 0.6 is 27.7 Å². The third-order valence-corrected chi connectivity index (χ3v) is 7.16. The van der Waals surface area contributed by atoms with E-state index in [1.165, 1.54) is 11.8 Å². The summed E-state index contributed by atoms with van der Waals surface area (Å²) < 4.78 is 6.21. The van der Waals surface area contributed by atoms with Gasteiger partial charge in [-0.3, -0.25) is 9.59 Å². The van der Waals surface area contributed by atoms with Crippen LogP contribution in [0.3, 0.4) is 0 Å². The van der Waals surface area contributed by atoms with Gasteiger partial charge < -0.3 is 9.64 Å². The highest BCUT2D eigenvalue weighted by Gasteiger charge is 2.29. The lowest BCUT2D eigenvalue weighted by molar-refractivity contribution is -0.153. The molecule has 144 valence electrons. The van der Waals surface area contributed by atoms with Crippen LogP contribution in [0.2, 0.25) is 0 Å². The van der Waals surface area contributed by atoms with E-state index in [0.717, 1.165) is 39.4 Å². The number of carbonyl (C=O) groups excluding carboxylic acids is 2. The van der Waals surface area contributed by atoms with Crippen molar-refractivity contribution in [3.05, 3.63) is 40.9 Å². The SMILES string of the molecule is CC1CCCC(C)N1C(=O)COC(=O)CSc1ccc2ccccc2c1Br. The lowest BCUT2D eigenvalue weighted by atomic mass is 9.97. The number of likely N-dealkylation sites (tertiary alicyclic amines) is 1. The van der Waals surface area contributed by atoms with Crippen LogP contribution in [0.15, 0.2) is 45.8 Å². The minimum absolute atomic E-state index is 0.0973. The number of hydrogen-bond acceptors (Lipinski definition) is 4. The number of rotatable bonds is 5. The molecule has 3 rings (SSSR count). The molecule has 6 heteroatoms. The maximum atomic E-state index is 12.4. The van der Waals surface area contributed by atoms with Gasteiger partial charge in [-0.2, -0.15) is 0 Å². The average molecular weight is 450 g/mol. The third-order valence-electron chi connectivity index (χ3n) is 5.01. The van der Waals surface area contributed by atoms with E-state index in [1.807, 2.05) is 35.2 Å². The Morgan fingerprint density at radius 1 is 1.15 bits per heavy atom. The Morgan fingerprint density at radius 2 is 1.85 bits per heavy atom. The minimum Gasteiger partial charge on any atom is -0.455 e. The standard InChI is InChI=1S/C21H24BrNO3S/c1-14-6-5-7-15(2)23(14)19(24)12-26-20(25)13-27-18-11-10-16-8-3-4-9-17(16)21(18)22/h3-4,8-11,14-15H,5-7,12-13H2,1-2H3. The summed E-state index contributed by atoms with van der Waals surface area (Å²) in [6, 6.07) is 12.5. The first-order chi connectivity index (χ1) is 13.0. The number of halogens is 1. The molecule has 1 aliphatic rings. The predicted octanol–water partition coefficient (Wildman–Crippen LogP) is 5.03. The van der Waals surface area contributed by atoms with Crippen LogP contribution in [0.1, 0.15) is 33.1 Å². The molecule has 0 bridgehead atoms. The van der Waals surface area contributed by atoms with Gasteiger partial charge in [0.25, 0.3) is 5.91 Å². The maximum Gasteiger partial charge on any atom is 0.316 e. The van der Waals surface area contributed by atoms with Crippen molar-refractivity contribution in [3.63, 3.8) is 0 Å². The van der Waals surface area contributed by atoms with Crippen molar-refractivity contribution < 1.29 is 14.3 Å². The van der Waals surface area contributed by atoms with Gasteiger partial charge in [0.05, 0.1) is 5.75 Å². The van der Waals surface area contributed by atoms with Crippen LogP contribution in [0.25, 0.3) is 10.8 Å². The van der Waals surface area contributed by atoms with E-state index >= 15 is 0 Å². The molecular formula is C21H24BrNO3S. The van der Waals surface area contributed by atoms with Crippen LogP contribution in [-0.2, 0) is 14.3 Å². The molecule has 1 fully saturated rings. The van der Waals surface area contributed by atoms with E-state index in [-0.39, 0.29) is 36.3 Å². The first kappa shape index (κ1) is 20.2. The number of hydrogen-bond donors (Lipinski definition) is 0. The van der Waals surface area contributed by atoms with E-state index in [9.17, 15) is 9.59 Å². The molecule has 0 aliphatic carbocycles. The summed E-state index contributed by atoms with van der Waals surface area (Å²) in [7, 11) is 0. The number of fused-ring (bicyclic) bond motifs is 1. The molecule has 2 aromatic carbocycles. The number of ether oxygens (including phenoxy) is 1. The Labute approximate surface area is 172 Å². The molecule has 0 spiro atoms. The van der Waals surface area contributed by atoms with Crippen LogP contribution < -0.4 is 0 Å². The summed E-state index contributed by atoms with van der Waals surface area (Å²) >= 11 is 5.04. The summed E-state index contributed by atoms with van der Waals surface area (Å²) in [4.78, 5) is 27.4. The highest BCUT2D eigenvalue weighted by Crippen LogP contribution is 2.34. The zero-order valence-electron chi connectivity index (χ0n) is 15.6. The Morgan fingerprint density at radius 3 is 2.59 bits per heavy atom. The second-order valence-electron chi connectivity index (χ2n) is 6.98. The Hall–Kier alpha value is -1.53. The number of carbonyl (C=O) groups is 2. The molecule has 1 saturated heterocycles. The van der Waals surface area contributed by atoms with Crippen LogP contribution in [-0.4, -0.2) is 41.2 Å². The summed E-state index contributed by atoms with van der Waals surface area (Å²) in [5.74, 6) is -0.291. The zero-order valence-corrected chi connectivity index (χ0v) is 18.0. The zero-order chi connectivity index (χ0) is 19.4. The first-order valence-corrected chi connectivity index (χ1v) is 11.0. The Bertz CT molecular complexity index is 831. The van der Waals surface area contributed by atoms with Gasteiger partial charge in [-0.1, -0.05) is 30.3 Å². The van der Waals surface area contributed by atoms with Gasteiger partial charge in [-0.05, 0) is 65.9 Å². The summed E-state index contributed by atoms with van der Waals surface area (Å²) in [6.07, 6.45) is 3.16. The Balaban J connectivity index is 1.53. The van der Waals surface area contributed by atoms with Crippen molar-refractivity contribution >= 4 is 50.3 Å². The molecule has 27 heavy (non-hydrogen) atoms. The third kappa shape index (κ3) is 4.85. The monoisotopic (exact) mass is 449 g/mol. The molecule has 1 amide bonds. The molecule has 0 aromatic heterocycles. The molecular weight excluding hydrogens is 426 g/mol. The molecule has 4 nitrogen and oxygen atoms in total. The molecule has 0 saturated carbocycles. The highest BCUT2D eigenvalue weighted by molar-refractivity contribution is 9.10. The van der Waals surface area contributed by atoms with Gasteiger partial charge in [0, 0.05) is 21.5 Å². The van der Waals surface area contributed by atoms with Gasteiger partial charge in [0.1, 0.15) is 0 Å². The van der Waals surface area contributed by atoms with Gasteiger partial charge in [0.15, 0.2) is 6.61 Å². The second-order valence-corrected chi connectivity index (χ2v) is 8.79. The van der Waals surface area contributed by atoms with E-state index in [0.29, 0.717) is 0 Å². The Kier molecular flexibility index (Phi) is 6.82. The second kappa shape index (κ2) is 9.11. The smallest absolute Gasteiger partial charge is 0.316 e. The van der Waals surface area contributed by atoms with E-state index in [2.05, 4.69) is 35.8 Å². The number of nitrogens with zero attached hydrogens (tertiary/aromatic N) is 1. The van der Waals surface area contributed by atoms with E-state index in [4.69, 9.17) is 4.74 Å². The topological polar surface area (TPSA) is 46.6 Å². The molecule has 1 heterocycles. The van der Waals surface area contributed by atoms with Crippen molar-refractivity contribution in [3.8, 4) is 0 Å². The lowest BCUT2D eigenvalue weighted by Crippen LogP contribution is -2.49. The molecule has 0 N–H and O–H groups in total. The fourth-order valence-electron chi connectivity index (χ4n) is 3.63. The molecule has 2 aromatic rings. The number of esters is 1. The van der Waals surface area contributed by atoms with Crippen molar-refractivity contribution in [2.75, 3.05) is 12.4 Å². The van der Waals surface area contributed by atoms with Gasteiger partial charge in [-0.15, -0.1) is 11.8 Å². The number of benzene rings is 2. The molecule has 2 unspecified atom stereocenters. The summed E-state index contributed by atoms with van der Waals surface area (Å²) in [6.45, 7) is 3.94. The quantitative estimate of drug-likeness (QED) is 0.474. The highest BCUT2D eigenvalue weighted by atomic mass is 79.9. The van der Waals surface area contributed by atoms with E-state index < -0.39 is 0 Å². The molecule has 0 radical (unpaired) electrons. The van der Waals surface area contributed by atoms with Gasteiger partial charge in [0.2, 0.25) is 0 Å². The van der Waals surface area contributed by atoms with E-state index in [1.54, 1.807) is 0 Å². The maximum absolute atomic E-state index is 12.4. The van der Waals surface area contributed by atoms with Crippen molar-refractivity contribution in [2.45, 2.75) is 50.1 Å². The molecule has 1 aliphatic heterocycles. The van der Waals surface area contributed by atoms with Crippen molar-refractivity contribution in [1.82, 2.24) is 4.90 Å². The minimum atomic E-state index is -0.370. The van der Waals surface area contributed by atoms with Crippen LogP contribution in [0, 0.1) is 0 Å². The lowest BCUT2D eigenvalue weighted by Gasteiger charge is -2.38. The van der Waals surface area contributed by atoms with Gasteiger partial charge in [-0.25, -0.2) is 0 Å². The normalized spacial score (nSPS) is 19.9. The number of amides is 1. The van der Waals surface area contributed by atoms with Crippen LogP contribution in [0.4, 0.5) is 0 Å². The van der Waals surface area contributed by atoms with Crippen molar-refractivity contribution in [2.24, 2.45) is 0 Å². The fraction of sp³-hybridized carbons (Fsp3) is 0.429.